The third kappa shape index (κ3) is 3.96. The summed E-state index contributed by atoms with van der Waals surface area (Å²) in [5.74, 6) is -0.395. The van der Waals surface area contributed by atoms with Crippen LogP contribution in [-0.4, -0.2) is 31.6 Å². The largest absolute Gasteiger partial charge is 0.467 e. The van der Waals surface area contributed by atoms with Crippen molar-refractivity contribution in [1.29, 1.82) is 0 Å². The lowest BCUT2D eigenvalue weighted by atomic mass is 10.0. The van der Waals surface area contributed by atoms with Crippen molar-refractivity contribution in [3.05, 3.63) is 35.4 Å². The number of carbonyl (C=O) groups excluding carboxylic acids is 2. The maximum Gasteiger partial charge on any atom is 0.335 e. The first-order valence-electron chi connectivity index (χ1n) is 5.87. The van der Waals surface area contributed by atoms with Crippen molar-refractivity contribution < 1.29 is 19.1 Å². The first-order chi connectivity index (χ1) is 8.58. The number of rotatable bonds is 6. The number of methoxy groups -OCH3 is 1. The quantitative estimate of drug-likeness (QED) is 0.572. The summed E-state index contributed by atoms with van der Waals surface area (Å²) in [5, 5.41) is 0. The Morgan fingerprint density at radius 3 is 2.61 bits per heavy atom. The monoisotopic (exact) mass is 250 g/mol. The molecule has 0 N–H and O–H groups in total. The minimum Gasteiger partial charge on any atom is -0.467 e. The molecule has 0 aromatic heterocycles. The van der Waals surface area contributed by atoms with Gasteiger partial charge in [-0.1, -0.05) is 18.2 Å². The maximum absolute atomic E-state index is 11.5. The van der Waals surface area contributed by atoms with Crippen LogP contribution >= 0.6 is 0 Å². The molecule has 98 valence electrons. The van der Waals surface area contributed by atoms with Gasteiger partial charge in [0, 0.05) is 18.6 Å². The Hall–Kier alpha value is -1.68. The lowest BCUT2D eigenvalue weighted by Crippen LogP contribution is -2.28. The summed E-state index contributed by atoms with van der Waals surface area (Å²) in [6.45, 7) is 3.77. The van der Waals surface area contributed by atoms with E-state index in [1.807, 2.05) is 13.0 Å². The highest BCUT2D eigenvalue weighted by atomic mass is 16.6. The van der Waals surface area contributed by atoms with E-state index in [9.17, 15) is 9.59 Å². The first-order valence-corrected chi connectivity index (χ1v) is 5.87. The fourth-order valence-corrected chi connectivity index (χ4v) is 1.67. The third-order valence-corrected chi connectivity index (χ3v) is 2.59. The van der Waals surface area contributed by atoms with Crippen molar-refractivity contribution in [3.8, 4) is 0 Å². The molecule has 0 aliphatic heterocycles. The molecule has 0 saturated carbocycles. The Kier molecular flexibility index (Phi) is 5.52. The molecule has 0 aliphatic carbocycles. The van der Waals surface area contributed by atoms with Crippen LogP contribution in [0.5, 0.6) is 0 Å². The van der Waals surface area contributed by atoms with Crippen LogP contribution in [0.3, 0.4) is 0 Å². The van der Waals surface area contributed by atoms with Crippen molar-refractivity contribution >= 4 is 11.8 Å². The number of hydrogen-bond donors (Lipinski definition) is 0. The molecule has 1 aromatic carbocycles. The molecular formula is C14H18O4. The molecule has 0 bridgehead atoms. The molecule has 0 heterocycles. The molecule has 0 saturated heterocycles. The summed E-state index contributed by atoms with van der Waals surface area (Å²) in [6, 6.07) is 7.19. The van der Waals surface area contributed by atoms with Crippen LogP contribution in [0.1, 0.15) is 29.8 Å². The van der Waals surface area contributed by atoms with Crippen molar-refractivity contribution in [2.45, 2.75) is 26.4 Å². The van der Waals surface area contributed by atoms with Gasteiger partial charge >= 0.3 is 5.97 Å². The van der Waals surface area contributed by atoms with Gasteiger partial charge in [-0.15, -0.1) is 0 Å². The fraction of sp³-hybridized carbons (Fsp3) is 0.429. The first kappa shape index (κ1) is 14.4. The Bertz CT molecular complexity index is 426. The smallest absolute Gasteiger partial charge is 0.335 e. The molecule has 0 fully saturated rings. The Morgan fingerprint density at radius 2 is 2.06 bits per heavy atom. The molecule has 1 atom stereocenters. The molecule has 1 rings (SSSR count). The van der Waals surface area contributed by atoms with Crippen LogP contribution in [-0.2, 0) is 20.7 Å². The minimum atomic E-state index is -0.623. The number of Topliss-reactive ketones (excluding diaryl/α,β-unsaturated/α-hetero) is 1. The van der Waals surface area contributed by atoms with E-state index in [1.54, 1.807) is 18.2 Å². The number of hydrogen-bond acceptors (Lipinski definition) is 4. The lowest BCUT2D eigenvalue weighted by Gasteiger charge is -2.14. The second kappa shape index (κ2) is 6.91. The summed E-state index contributed by atoms with van der Waals surface area (Å²) in [6.07, 6.45) is -0.219. The molecule has 0 unspecified atom stereocenters. The van der Waals surface area contributed by atoms with Gasteiger partial charge in [0.05, 0.1) is 7.11 Å². The van der Waals surface area contributed by atoms with Crippen LogP contribution < -0.4 is 0 Å². The predicted molar refractivity (Wildman–Crippen MR) is 67.6 cm³/mol. The minimum absolute atomic E-state index is 0.00266. The molecular weight excluding hydrogens is 232 g/mol. The van der Waals surface area contributed by atoms with E-state index in [-0.39, 0.29) is 5.78 Å². The van der Waals surface area contributed by atoms with Gasteiger partial charge in [0.2, 0.25) is 0 Å². The van der Waals surface area contributed by atoms with Crippen LogP contribution in [0.25, 0.3) is 0 Å². The van der Waals surface area contributed by atoms with Gasteiger partial charge in [0.15, 0.2) is 11.9 Å². The van der Waals surface area contributed by atoms with E-state index in [1.165, 1.54) is 14.0 Å². The topological polar surface area (TPSA) is 52.6 Å². The van der Waals surface area contributed by atoms with Gasteiger partial charge in [-0.3, -0.25) is 4.79 Å². The zero-order chi connectivity index (χ0) is 13.5. The third-order valence-electron chi connectivity index (χ3n) is 2.59. The van der Waals surface area contributed by atoms with E-state index in [0.717, 1.165) is 5.56 Å². The van der Waals surface area contributed by atoms with Gasteiger partial charge in [0.25, 0.3) is 0 Å². The molecule has 0 spiro atoms. The number of esters is 1. The van der Waals surface area contributed by atoms with Crippen LogP contribution in [0.4, 0.5) is 0 Å². The number of ketones is 1. The average Bonchev–Trinajstić information content (AvgIpc) is 2.37. The summed E-state index contributed by atoms with van der Waals surface area (Å²) in [7, 11) is 1.33. The van der Waals surface area contributed by atoms with Crippen molar-refractivity contribution in [3.63, 3.8) is 0 Å². The van der Waals surface area contributed by atoms with Gasteiger partial charge < -0.3 is 9.47 Å². The highest BCUT2D eigenvalue weighted by molar-refractivity contribution is 5.94. The number of carbonyl (C=O) groups is 2. The standard InChI is InChI=1S/C14H18O4/c1-4-18-13(14(16)17-3)9-11-6-5-7-12(8-11)10(2)15/h5-8,13H,4,9H2,1-3H3/t13-/m0/s1. The molecule has 18 heavy (non-hydrogen) atoms. The van der Waals surface area contributed by atoms with Gasteiger partial charge in [-0.05, 0) is 25.5 Å². The van der Waals surface area contributed by atoms with Crippen molar-refractivity contribution in [2.75, 3.05) is 13.7 Å². The summed E-state index contributed by atoms with van der Waals surface area (Å²) >= 11 is 0. The van der Waals surface area contributed by atoms with E-state index in [4.69, 9.17) is 4.74 Å². The van der Waals surface area contributed by atoms with Gasteiger partial charge in [-0.2, -0.15) is 0 Å². The maximum atomic E-state index is 11.5. The second-order valence-corrected chi connectivity index (χ2v) is 3.93. The van der Waals surface area contributed by atoms with Crippen LogP contribution in [0.2, 0.25) is 0 Å². The molecule has 0 amide bonds. The van der Waals surface area contributed by atoms with E-state index < -0.39 is 12.1 Å². The van der Waals surface area contributed by atoms with E-state index >= 15 is 0 Å². The summed E-state index contributed by atoms with van der Waals surface area (Å²) in [4.78, 5) is 22.8. The highest BCUT2D eigenvalue weighted by Gasteiger charge is 2.19. The molecule has 0 aliphatic rings. The molecule has 4 nitrogen and oxygen atoms in total. The Balaban J connectivity index is 2.83. The summed E-state index contributed by atoms with van der Waals surface area (Å²) < 4.78 is 10.0. The van der Waals surface area contributed by atoms with Crippen molar-refractivity contribution in [1.82, 2.24) is 0 Å². The molecule has 4 heteroatoms. The average molecular weight is 250 g/mol. The Morgan fingerprint density at radius 1 is 1.33 bits per heavy atom. The van der Waals surface area contributed by atoms with Crippen LogP contribution in [0.15, 0.2) is 24.3 Å². The van der Waals surface area contributed by atoms with Crippen LogP contribution in [0, 0.1) is 0 Å². The van der Waals surface area contributed by atoms with Crippen molar-refractivity contribution in [2.24, 2.45) is 0 Å². The SMILES string of the molecule is CCO[C@@H](Cc1cccc(C(C)=O)c1)C(=O)OC. The zero-order valence-electron chi connectivity index (χ0n) is 10.9. The zero-order valence-corrected chi connectivity index (χ0v) is 10.9. The molecule has 1 aromatic rings. The normalized spacial score (nSPS) is 11.9. The fourth-order valence-electron chi connectivity index (χ4n) is 1.67. The number of ether oxygens (including phenoxy) is 2. The molecule has 0 radical (unpaired) electrons. The van der Waals surface area contributed by atoms with E-state index in [2.05, 4.69) is 4.74 Å². The van der Waals surface area contributed by atoms with Gasteiger partial charge in [-0.25, -0.2) is 4.79 Å². The second-order valence-electron chi connectivity index (χ2n) is 3.93. The highest BCUT2D eigenvalue weighted by Crippen LogP contribution is 2.11. The Labute approximate surface area is 107 Å². The van der Waals surface area contributed by atoms with E-state index in [0.29, 0.717) is 18.6 Å². The lowest BCUT2D eigenvalue weighted by molar-refractivity contribution is -0.153. The summed E-state index contributed by atoms with van der Waals surface area (Å²) in [5.41, 5.74) is 1.51. The number of benzene rings is 1. The predicted octanol–water partition coefficient (Wildman–Crippen LogP) is 2.01. The van der Waals surface area contributed by atoms with Gasteiger partial charge in [0.1, 0.15) is 0 Å².